The lowest BCUT2D eigenvalue weighted by Crippen LogP contribution is -2.57. The highest BCUT2D eigenvalue weighted by atomic mass is 19.1. The van der Waals surface area contributed by atoms with Crippen LogP contribution in [0.15, 0.2) is 30.0 Å². The topological polar surface area (TPSA) is 61.9 Å². The third-order valence-corrected chi connectivity index (χ3v) is 6.19. The molecule has 1 aliphatic heterocycles. The molecule has 7 heteroatoms. The fourth-order valence-electron chi connectivity index (χ4n) is 4.38. The van der Waals surface area contributed by atoms with Crippen LogP contribution in [0.5, 0.6) is 0 Å². The van der Waals surface area contributed by atoms with E-state index in [1.54, 1.807) is 23.1 Å². The van der Waals surface area contributed by atoms with Crippen LogP contribution in [0.2, 0.25) is 0 Å². The maximum atomic E-state index is 14.1. The number of rotatable bonds is 9. The van der Waals surface area contributed by atoms with Gasteiger partial charge in [-0.15, -0.1) is 0 Å². The van der Waals surface area contributed by atoms with Crippen LogP contribution in [0.3, 0.4) is 0 Å². The molecule has 0 aromatic heterocycles. The Kier molecular flexibility index (Phi) is 8.46. The average Bonchev–Trinajstić information content (AvgIpc) is 2.78. The van der Waals surface area contributed by atoms with Crippen LogP contribution in [-0.4, -0.2) is 66.5 Å². The maximum absolute atomic E-state index is 14.1. The molecule has 6 nitrogen and oxygen atoms in total. The van der Waals surface area contributed by atoms with E-state index in [0.29, 0.717) is 12.1 Å². The third kappa shape index (κ3) is 6.06. The summed E-state index contributed by atoms with van der Waals surface area (Å²) in [6.07, 6.45) is 5.85. The molecule has 1 aromatic carbocycles. The van der Waals surface area contributed by atoms with Crippen molar-refractivity contribution in [3.8, 4) is 0 Å². The van der Waals surface area contributed by atoms with Crippen molar-refractivity contribution < 1.29 is 18.7 Å². The molecule has 2 amide bonds. The average molecular weight is 432 g/mol. The summed E-state index contributed by atoms with van der Waals surface area (Å²) in [5.41, 5.74) is 0.306. The minimum atomic E-state index is -0.408. The van der Waals surface area contributed by atoms with Gasteiger partial charge in [0.1, 0.15) is 18.5 Å². The summed E-state index contributed by atoms with van der Waals surface area (Å²) in [6, 6.07) is 6.18. The molecule has 0 spiro atoms. The fourth-order valence-corrected chi connectivity index (χ4v) is 4.38. The summed E-state index contributed by atoms with van der Waals surface area (Å²) < 4.78 is 20.1. The molecule has 170 valence electrons. The van der Waals surface area contributed by atoms with Crippen molar-refractivity contribution in [2.24, 2.45) is 0 Å². The molecule has 31 heavy (non-hydrogen) atoms. The summed E-state index contributed by atoms with van der Waals surface area (Å²) in [5.74, 6) is -0.800. The molecule has 2 aliphatic rings. The van der Waals surface area contributed by atoms with Crippen molar-refractivity contribution in [3.05, 3.63) is 41.4 Å². The van der Waals surface area contributed by atoms with Gasteiger partial charge in [-0.25, -0.2) is 4.39 Å². The van der Waals surface area contributed by atoms with Crippen LogP contribution in [0.25, 0.3) is 6.08 Å². The van der Waals surface area contributed by atoms with Crippen LogP contribution < -0.4 is 5.32 Å². The highest BCUT2D eigenvalue weighted by Crippen LogP contribution is 2.33. The number of halogens is 1. The van der Waals surface area contributed by atoms with Gasteiger partial charge in [0.15, 0.2) is 5.76 Å². The van der Waals surface area contributed by atoms with Crippen LogP contribution in [-0.2, 0) is 14.3 Å². The van der Waals surface area contributed by atoms with E-state index in [1.807, 2.05) is 0 Å². The molecule has 1 N–H and O–H groups in total. The number of hydrogen-bond acceptors (Lipinski definition) is 4. The molecule has 1 saturated heterocycles. The first-order chi connectivity index (χ1) is 15.0. The van der Waals surface area contributed by atoms with Gasteiger partial charge in [0.2, 0.25) is 5.91 Å². The van der Waals surface area contributed by atoms with Crippen molar-refractivity contribution in [2.45, 2.75) is 58.1 Å². The van der Waals surface area contributed by atoms with Crippen LogP contribution in [0, 0.1) is 5.82 Å². The summed E-state index contributed by atoms with van der Waals surface area (Å²) in [7, 11) is 0. The van der Waals surface area contributed by atoms with E-state index in [0.717, 1.165) is 51.7 Å². The number of benzene rings is 1. The summed E-state index contributed by atoms with van der Waals surface area (Å²) in [5, 5.41) is 2.94. The number of carbonyl (C=O) groups excluding carboxylic acids is 2. The first-order valence-corrected chi connectivity index (χ1v) is 11.5. The molecule has 3 rings (SSSR count). The molecule has 0 radical (unpaired) electrons. The monoisotopic (exact) mass is 431 g/mol. The smallest absolute Gasteiger partial charge is 0.289 e. The Labute approximate surface area is 184 Å². The van der Waals surface area contributed by atoms with Gasteiger partial charge in [-0.1, -0.05) is 38.5 Å². The van der Waals surface area contributed by atoms with Crippen LogP contribution >= 0.6 is 0 Å². The zero-order valence-electron chi connectivity index (χ0n) is 18.6. The van der Waals surface area contributed by atoms with Gasteiger partial charge < -0.3 is 19.9 Å². The highest BCUT2D eigenvalue weighted by Gasteiger charge is 2.42. The Morgan fingerprint density at radius 3 is 2.74 bits per heavy atom. The molecule has 1 aliphatic carbocycles. The predicted molar refractivity (Wildman–Crippen MR) is 119 cm³/mol. The van der Waals surface area contributed by atoms with Crippen molar-refractivity contribution >= 4 is 17.9 Å². The van der Waals surface area contributed by atoms with Gasteiger partial charge in [0.25, 0.3) is 5.91 Å². The largest absolute Gasteiger partial charge is 0.482 e. The maximum Gasteiger partial charge on any atom is 0.289 e. The summed E-state index contributed by atoms with van der Waals surface area (Å²) >= 11 is 0. The number of nitrogens with one attached hydrogen (secondary N) is 1. The van der Waals surface area contributed by atoms with Gasteiger partial charge in [-0.2, -0.15) is 0 Å². The van der Waals surface area contributed by atoms with Gasteiger partial charge in [0, 0.05) is 12.1 Å². The molecule has 1 saturated carbocycles. The van der Waals surface area contributed by atoms with Crippen molar-refractivity contribution in [1.29, 1.82) is 0 Å². The molecular weight excluding hydrogens is 397 g/mol. The first kappa shape index (κ1) is 23.3. The number of amides is 2. The van der Waals surface area contributed by atoms with E-state index in [1.165, 1.54) is 12.1 Å². The SMILES string of the molecule is CCN(CC)CCCNC(=O)CN1C(=O)/C(=C/c2ccccc2F)OC2CCCCC21. The highest BCUT2D eigenvalue weighted by molar-refractivity contribution is 5.98. The number of nitrogens with zero attached hydrogens (tertiary/aromatic N) is 2. The lowest BCUT2D eigenvalue weighted by atomic mass is 9.89. The van der Waals surface area contributed by atoms with Crippen molar-refractivity contribution in [3.63, 3.8) is 0 Å². The first-order valence-electron chi connectivity index (χ1n) is 11.5. The number of carbonyl (C=O) groups is 2. The lowest BCUT2D eigenvalue weighted by molar-refractivity contribution is -0.151. The Balaban J connectivity index is 1.66. The minimum absolute atomic E-state index is 0.00322. The van der Waals surface area contributed by atoms with Gasteiger partial charge in [-0.3, -0.25) is 9.59 Å². The lowest BCUT2D eigenvalue weighted by Gasteiger charge is -2.44. The second-order valence-electron chi connectivity index (χ2n) is 8.20. The molecule has 1 aromatic rings. The Morgan fingerprint density at radius 1 is 1.26 bits per heavy atom. The molecular formula is C24H34FN3O3. The number of fused-ring (bicyclic) bond motifs is 1. The second kappa shape index (κ2) is 11.3. The molecule has 1 heterocycles. The predicted octanol–water partition coefficient (Wildman–Crippen LogP) is 3.18. The summed E-state index contributed by atoms with van der Waals surface area (Å²) in [6.45, 7) is 7.76. The fraction of sp³-hybridized carbons (Fsp3) is 0.583. The minimum Gasteiger partial charge on any atom is -0.482 e. The van der Waals surface area contributed by atoms with Gasteiger partial charge >= 0.3 is 0 Å². The summed E-state index contributed by atoms with van der Waals surface area (Å²) in [4.78, 5) is 29.7. The quantitative estimate of drug-likeness (QED) is 0.482. The zero-order valence-corrected chi connectivity index (χ0v) is 18.6. The molecule has 0 bridgehead atoms. The standard InChI is InChI=1S/C24H34FN3O3/c1-3-27(4-2)15-9-14-26-23(29)17-28-20-12-7-8-13-21(20)31-22(24(28)30)16-18-10-5-6-11-19(18)25/h5-6,10-11,16,20-21H,3-4,7-9,12-15,17H2,1-2H3,(H,26,29)/b22-16-. The molecule has 2 fully saturated rings. The second-order valence-corrected chi connectivity index (χ2v) is 8.20. The Morgan fingerprint density at radius 2 is 2.00 bits per heavy atom. The van der Waals surface area contributed by atoms with Gasteiger partial charge in [0.05, 0.1) is 6.04 Å². The van der Waals surface area contributed by atoms with Crippen molar-refractivity contribution in [1.82, 2.24) is 15.1 Å². The van der Waals surface area contributed by atoms with Crippen LogP contribution in [0.1, 0.15) is 51.5 Å². The third-order valence-electron chi connectivity index (χ3n) is 6.19. The van der Waals surface area contributed by atoms with E-state index in [4.69, 9.17) is 4.74 Å². The van der Waals surface area contributed by atoms with E-state index in [9.17, 15) is 14.0 Å². The van der Waals surface area contributed by atoms with Crippen molar-refractivity contribution in [2.75, 3.05) is 32.7 Å². The van der Waals surface area contributed by atoms with E-state index in [2.05, 4.69) is 24.1 Å². The Bertz CT molecular complexity index is 794. The van der Waals surface area contributed by atoms with Gasteiger partial charge in [-0.05, 0) is 57.5 Å². The number of ether oxygens (including phenoxy) is 1. The van der Waals surface area contributed by atoms with E-state index in [-0.39, 0.29) is 36.3 Å². The Hall–Kier alpha value is -2.41. The number of hydrogen-bond donors (Lipinski definition) is 1. The zero-order chi connectivity index (χ0) is 22.2. The van der Waals surface area contributed by atoms with E-state index < -0.39 is 5.82 Å². The van der Waals surface area contributed by atoms with Crippen LogP contribution in [0.4, 0.5) is 4.39 Å². The van der Waals surface area contributed by atoms with E-state index >= 15 is 0 Å². The normalized spacial score (nSPS) is 22.4. The number of morpholine rings is 1. The molecule has 2 atom stereocenters. The molecule has 2 unspecified atom stereocenters.